The Morgan fingerprint density at radius 3 is 2.31 bits per heavy atom. The van der Waals surface area contributed by atoms with Crippen LogP contribution in [0.15, 0.2) is 53.6 Å². The van der Waals surface area contributed by atoms with Crippen molar-refractivity contribution in [3.05, 3.63) is 85.3 Å². The molecule has 2 aliphatic heterocycles. The molecule has 0 saturated heterocycles. The first-order chi connectivity index (χ1) is 15.4. The first-order valence-corrected chi connectivity index (χ1v) is 11.2. The summed E-state index contributed by atoms with van der Waals surface area (Å²) in [6.45, 7) is 0. The molecule has 2 heterocycles. The van der Waals surface area contributed by atoms with Gasteiger partial charge in [0.05, 0.1) is 34.5 Å². The van der Waals surface area contributed by atoms with Crippen molar-refractivity contribution >= 4 is 52.1 Å². The summed E-state index contributed by atoms with van der Waals surface area (Å²) in [5, 5.41) is 18.7. The number of rotatable bonds is 3. The summed E-state index contributed by atoms with van der Waals surface area (Å²) in [7, 11) is 1.62. The van der Waals surface area contributed by atoms with Gasteiger partial charge in [0.1, 0.15) is 17.2 Å². The zero-order valence-electron chi connectivity index (χ0n) is 16.7. The molecule has 0 fully saturated rings. The number of methoxy groups -OCH3 is 1. The molecule has 0 aliphatic carbocycles. The lowest BCUT2D eigenvalue weighted by Crippen LogP contribution is -2.34. The topological polar surface area (TPSA) is 54.3 Å². The van der Waals surface area contributed by atoms with Crippen LogP contribution in [0.4, 0.5) is 0 Å². The van der Waals surface area contributed by atoms with Crippen molar-refractivity contribution in [2.45, 2.75) is 18.7 Å². The molecule has 3 aromatic carbocycles. The van der Waals surface area contributed by atoms with Crippen LogP contribution in [0.3, 0.4) is 0 Å². The summed E-state index contributed by atoms with van der Waals surface area (Å²) in [5.74, 6) is 1.12. The number of hydrogen-bond acceptors (Lipinski definition) is 5. The summed E-state index contributed by atoms with van der Waals surface area (Å²) >= 11 is 25.2. The Bertz CT molecular complexity index is 1250. The molecule has 1 N–H and O–H groups in total. The first kappa shape index (κ1) is 21.5. The number of fused-ring (bicyclic) bond motifs is 3. The number of phenolic OH excluding ortho intramolecular Hbond substituents is 1. The lowest BCUT2D eigenvalue weighted by molar-refractivity contribution is -0.0202. The number of benzene rings is 3. The smallest absolute Gasteiger partial charge is 0.217 e. The summed E-state index contributed by atoms with van der Waals surface area (Å²) in [4.78, 5) is 0. The summed E-state index contributed by atoms with van der Waals surface area (Å²) in [5.41, 5.74) is 3.01. The quantitative estimate of drug-likeness (QED) is 0.403. The second-order valence-corrected chi connectivity index (χ2v) is 9.16. The Hall–Kier alpha value is -2.31. The van der Waals surface area contributed by atoms with Gasteiger partial charge >= 0.3 is 0 Å². The van der Waals surface area contributed by atoms with Gasteiger partial charge in [0, 0.05) is 22.0 Å². The Kier molecular flexibility index (Phi) is 5.54. The zero-order valence-corrected chi connectivity index (χ0v) is 19.7. The highest BCUT2D eigenvalue weighted by atomic mass is 35.5. The molecule has 0 amide bonds. The molecule has 0 aromatic heterocycles. The number of ether oxygens (including phenoxy) is 2. The van der Waals surface area contributed by atoms with Crippen LogP contribution >= 0.6 is 46.4 Å². The Morgan fingerprint density at radius 1 is 0.969 bits per heavy atom. The Labute approximate surface area is 204 Å². The molecule has 0 unspecified atom stereocenters. The number of aromatic hydroxyl groups is 1. The monoisotopic (exact) mass is 508 g/mol. The fourth-order valence-corrected chi connectivity index (χ4v) is 5.11. The minimum Gasteiger partial charge on any atom is -0.506 e. The Morgan fingerprint density at radius 2 is 1.62 bits per heavy atom. The second kappa shape index (κ2) is 8.23. The number of nitrogens with zero attached hydrogens (tertiary/aromatic N) is 2. The van der Waals surface area contributed by atoms with Crippen LogP contribution in [-0.4, -0.2) is 22.9 Å². The normalized spacial score (nSPS) is 19.2. The maximum Gasteiger partial charge on any atom is 0.217 e. The fraction of sp³-hybridized carbons (Fsp3) is 0.174. The van der Waals surface area contributed by atoms with Gasteiger partial charge in [-0.25, -0.2) is 5.01 Å². The molecule has 3 aromatic rings. The van der Waals surface area contributed by atoms with Crippen LogP contribution in [0.1, 0.15) is 35.4 Å². The predicted octanol–water partition coefficient (Wildman–Crippen LogP) is 7.26. The molecule has 2 atom stereocenters. The third kappa shape index (κ3) is 3.63. The number of halogens is 4. The van der Waals surface area contributed by atoms with Gasteiger partial charge in [0.25, 0.3) is 0 Å². The molecule has 32 heavy (non-hydrogen) atoms. The van der Waals surface area contributed by atoms with E-state index in [1.807, 2.05) is 30.3 Å². The van der Waals surface area contributed by atoms with E-state index in [1.54, 1.807) is 24.3 Å². The van der Waals surface area contributed by atoms with Gasteiger partial charge in [0.2, 0.25) is 6.23 Å². The van der Waals surface area contributed by atoms with E-state index in [-0.39, 0.29) is 16.8 Å². The average Bonchev–Trinajstić information content (AvgIpc) is 3.22. The van der Waals surface area contributed by atoms with Crippen molar-refractivity contribution in [2.24, 2.45) is 5.10 Å². The molecule has 9 heteroatoms. The van der Waals surface area contributed by atoms with Gasteiger partial charge < -0.3 is 14.6 Å². The van der Waals surface area contributed by atoms with Crippen molar-refractivity contribution in [3.8, 4) is 17.2 Å². The highest BCUT2D eigenvalue weighted by Gasteiger charge is 2.43. The molecule has 2 aliphatic rings. The van der Waals surface area contributed by atoms with Crippen molar-refractivity contribution in [1.29, 1.82) is 0 Å². The van der Waals surface area contributed by atoms with Gasteiger partial charge in [0.15, 0.2) is 0 Å². The van der Waals surface area contributed by atoms with Gasteiger partial charge in [-0.05, 0) is 54.1 Å². The molecule has 164 valence electrons. The highest BCUT2D eigenvalue weighted by Crippen LogP contribution is 2.52. The van der Waals surface area contributed by atoms with Crippen LogP contribution < -0.4 is 9.47 Å². The molecule has 0 radical (unpaired) electrons. The van der Waals surface area contributed by atoms with Gasteiger partial charge in [-0.1, -0.05) is 46.4 Å². The molecular weight excluding hydrogens is 494 g/mol. The lowest BCUT2D eigenvalue weighted by atomic mass is 9.95. The standard InChI is InChI=1S/C23H16Cl4N2O3/c1-31-14-4-2-11(3-5-14)19-10-20-15-6-12(24)9-18(27)22(15)32-23(29(20)28-19)16-7-13(25)8-17(26)21(16)30/h2-9,20,23,30H,10H2,1H3/t20-,23-/m1/s1. The molecule has 0 bridgehead atoms. The Balaban J connectivity index is 1.65. The first-order valence-electron chi connectivity index (χ1n) is 9.69. The summed E-state index contributed by atoms with van der Waals surface area (Å²) in [6, 6.07) is 14.0. The molecule has 5 nitrogen and oxygen atoms in total. The molecular formula is C23H16Cl4N2O3. The van der Waals surface area contributed by atoms with Crippen molar-refractivity contribution < 1.29 is 14.6 Å². The van der Waals surface area contributed by atoms with Crippen molar-refractivity contribution in [1.82, 2.24) is 5.01 Å². The fourth-order valence-electron chi connectivity index (χ4n) is 4.05. The zero-order chi connectivity index (χ0) is 22.6. The molecule has 5 rings (SSSR count). The number of hydrazone groups is 1. The van der Waals surface area contributed by atoms with Gasteiger partial charge in [-0.15, -0.1) is 0 Å². The average molecular weight is 510 g/mol. The summed E-state index contributed by atoms with van der Waals surface area (Å²) in [6.07, 6.45) is -0.205. The van der Waals surface area contributed by atoms with Crippen molar-refractivity contribution in [3.63, 3.8) is 0 Å². The summed E-state index contributed by atoms with van der Waals surface area (Å²) < 4.78 is 11.5. The largest absolute Gasteiger partial charge is 0.506 e. The maximum absolute atomic E-state index is 10.7. The molecule has 0 saturated carbocycles. The van der Waals surface area contributed by atoms with E-state index in [2.05, 4.69) is 0 Å². The highest BCUT2D eigenvalue weighted by molar-refractivity contribution is 6.36. The van der Waals surface area contributed by atoms with Crippen LogP contribution in [0.25, 0.3) is 0 Å². The van der Waals surface area contributed by atoms with E-state index in [0.29, 0.717) is 32.8 Å². The number of hydrogen-bond donors (Lipinski definition) is 1. The third-order valence-corrected chi connectivity index (χ3v) is 6.56. The van der Waals surface area contributed by atoms with Crippen LogP contribution in [0.2, 0.25) is 20.1 Å². The van der Waals surface area contributed by atoms with E-state index in [1.165, 1.54) is 6.07 Å². The number of phenols is 1. The van der Waals surface area contributed by atoms with Gasteiger partial charge in [-0.2, -0.15) is 5.10 Å². The van der Waals surface area contributed by atoms with Gasteiger partial charge in [-0.3, -0.25) is 0 Å². The van der Waals surface area contributed by atoms with Crippen molar-refractivity contribution in [2.75, 3.05) is 7.11 Å². The molecule has 0 spiro atoms. The van der Waals surface area contributed by atoms with Crippen LogP contribution in [0, 0.1) is 0 Å². The predicted molar refractivity (Wildman–Crippen MR) is 127 cm³/mol. The minimum absolute atomic E-state index is 0.124. The minimum atomic E-state index is -0.793. The van der Waals surface area contributed by atoms with E-state index >= 15 is 0 Å². The lowest BCUT2D eigenvalue weighted by Gasteiger charge is -2.38. The van der Waals surface area contributed by atoms with E-state index in [9.17, 15) is 5.11 Å². The van der Waals surface area contributed by atoms with Crippen LogP contribution in [-0.2, 0) is 0 Å². The van der Waals surface area contributed by atoms with E-state index in [4.69, 9.17) is 61.0 Å². The third-order valence-electron chi connectivity index (χ3n) is 5.56. The van der Waals surface area contributed by atoms with E-state index < -0.39 is 6.23 Å². The van der Waals surface area contributed by atoms with E-state index in [0.717, 1.165) is 22.6 Å². The maximum atomic E-state index is 10.7. The second-order valence-electron chi connectivity index (χ2n) is 7.48. The SMILES string of the molecule is COc1ccc(C2=NN3[C@H](C2)c2cc(Cl)cc(Cl)c2O[C@@H]3c2cc(Cl)cc(Cl)c2O)cc1. The van der Waals surface area contributed by atoms with Crippen LogP contribution in [0.5, 0.6) is 17.2 Å².